The van der Waals surface area contributed by atoms with Crippen LogP contribution in [0.5, 0.6) is 34.5 Å². The van der Waals surface area contributed by atoms with Gasteiger partial charge in [0.15, 0.2) is 17.2 Å². The fourth-order valence-electron chi connectivity index (χ4n) is 2.54. The van der Waals surface area contributed by atoms with Crippen LogP contribution in [0.25, 0.3) is 0 Å². The van der Waals surface area contributed by atoms with Gasteiger partial charge in [0.2, 0.25) is 5.78 Å². The lowest BCUT2D eigenvalue weighted by atomic mass is 10.0. The normalized spacial score (nSPS) is 9.87. The molecule has 9 heteroatoms. The Morgan fingerprint density at radius 1 is 0.742 bits per heavy atom. The summed E-state index contributed by atoms with van der Waals surface area (Å²) in [6, 6.07) is 13.4. The minimum atomic E-state index is -1.29. The van der Waals surface area contributed by atoms with Crippen molar-refractivity contribution in [1.29, 1.82) is 0 Å². The van der Waals surface area contributed by atoms with Crippen LogP contribution in [0.15, 0.2) is 54.6 Å². The van der Waals surface area contributed by atoms with E-state index >= 15 is 0 Å². The predicted molar refractivity (Wildman–Crippen MR) is 109 cm³/mol. The smallest absolute Gasteiger partial charge is 0.335 e. The van der Waals surface area contributed by atoms with Gasteiger partial charge in [0, 0.05) is 17.7 Å². The molecule has 0 atom stereocenters. The van der Waals surface area contributed by atoms with Crippen LogP contribution in [0.1, 0.15) is 26.3 Å². The van der Waals surface area contributed by atoms with E-state index < -0.39 is 23.2 Å². The lowest BCUT2D eigenvalue weighted by Gasteiger charge is -2.11. The molecule has 0 heterocycles. The van der Waals surface area contributed by atoms with Gasteiger partial charge in [0.05, 0.1) is 19.8 Å². The van der Waals surface area contributed by atoms with E-state index in [2.05, 4.69) is 0 Å². The number of benzene rings is 3. The Labute approximate surface area is 177 Å². The molecular weight excluding hydrogens is 408 g/mol. The van der Waals surface area contributed by atoms with Crippen LogP contribution in [-0.4, -0.2) is 51.5 Å². The average molecular weight is 428 g/mol. The van der Waals surface area contributed by atoms with Crippen LogP contribution in [0.2, 0.25) is 0 Å². The van der Waals surface area contributed by atoms with Gasteiger partial charge in [0.25, 0.3) is 0 Å². The summed E-state index contributed by atoms with van der Waals surface area (Å²) >= 11 is 0. The maximum absolute atomic E-state index is 12.4. The first-order chi connectivity index (χ1) is 14.7. The number of ether oxygens (including phenoxy) is 2. The summed E-state index contributed by atoms with van der Waals surface area (Å²) in [6.07, 6.45) is 0. The van der Waals surface area contributed by atoms with Gasteiger partial charge >= 0.3 is 5.97 Å². The number of carboxylic acids is 1. The van der Waals surface area contributed by atoms with Gasteiger partial charge in [-0.2, -0.15) is 0 Å². The molecule has 0 saturated carbocycles. The van der Waals surface area contributed by atoms with Gasteiger partial charge < -0.3 is 35.0 Å². The molecule has 0 aliphatic heterocycles. The van der Waals surface area contributed by atoms with Gasteiger partial charge in [-0.05, 0) is 12.1 Å². The maximum Gasteiger partial charge on any atom is 0.335 e. The largest absolute Gasteiger partial charge is 0.507 e. The molecule has 0 amide bonds. The van der Waals surface area contributed by atoms with Crippen molar-refractivity contribution in [1.82, 2.24) is 0 Å². The number of aromatic carboxylic acids is 1. The summed E-state index contributed by atoms with van der Waals surface area (Å²) in [5, 5.41) is 44.9. The van der Waals surface area contributed by atoms with E-state index in [9.17, 15) is 14.7 Å². The second-order valence-corrected chi connectivity index (χ2v) is 6.09. The summed E-state index contributed by atoms with van der Waals surface area (Å²) < 4.78 is 10.2. The Balaban J connectivity index is 0.000000245. The lowest BCUT2D eigenvalue weighted by molar-refractivity contribution is 0.0695. The second kappa shape index (κ2) is 9.88. The summed E-state index contributed by atoms with van der Waals surface area (Å²) in [5.41, 5.74) is 0.332. The van der Waals surface area contributed by atoms with Crippen molar-refractivity contribution < 1.29 is 44.6 Å². The van der Waals surface area contributed by atoms with Crippen molar-refractivity contribution in [2.24, 2.45) is 0 Å². The average Bonchev–Trinajstić information content (AvgIpc) is 2.76. The molecule has 0 aliphatic rings. The van der Waals surface area contributed by atoms with Crippen molar-refractivity contribution in [2.45, 2.75) is 0 Å². The molecule has 0 bridgehead atoms. The van der Waals surface area contributed by atoms with Crippen molar-refractivity contribution >= 4 is 11.8 Å². The molecule has 3 rings (SSSR count). The highest BCUT2D eigenvalue weighted by Crippen LogP contribution is 2.36. The van der Waals surface area contributed by atoms with E-state index in [-0.39, 0.29) is 28.4 Å². The molecule has 0 aromatic heterocycles. The van der Waals surface area contributed by atoms with Crippen LogP contribution in [0.3, 0.4) is 0 Å². The number of phenolic OH excluding ortho intramolecular Hbond substituents is 4. The Hall–Kier alpha value is -4.40. The highest BCUT2D eigenvalue weighted by Gasteiger charge is 2.20. The summed E-state index contributed by atoms with van der Waals surface area (Å²) in [5.74, 6) is -3.08. The van der Waals surface area contributed by atoms with Crippen LogP contribution in [0.4, 0.5) is 0 Å². The molecule has 0 saturated heterocycles. The van der Waals surface area contributed by atoms with Crippen molar-refractivity contribution in [2.75, 3.05) is 14.2 Å². The maximum atomic E-state index is 12.4. The molecule has 0 aliphatic carbocycles. The van der Waals surface area contributed by atoms with E-state index in [1.807, 2.05) is 6.07 Å². The van der Waals surface area contributed by atoms with E-state index in [0.29, 0.717) is 11.3 Å². The third-order valence-electron chi connectivity index (χ3n) is 4.09. The first-order valence-electron chi connectivity index (χ1n) is 8.72. The third kappa shape index (κ3) is 5.36. The number of aromatic hydroxyl groups is 4. The van der Waals surface area contributed by atoms with Crippen molar-refractivity contribution in [3.05, 3.63) is 71.3 Å². The van der Waals surface area contributed by atoms with Crippen LogP contribution >= 0.6 is 0 Å². The van der Waals surface area contributed by atoms with Crippen LogP contribution in [-0.2, 0) is 0 Å². The molecule has 0 fully saturated rings. The Kier molecular flexibility index (Phi) is 7.29. The molecule has 5 N–H and O–H groups in total. The number of hydrogen-bond donors (Lipinski definition) is 5. The number of rotatable bonds is 5. The molecule has 0 radical (unpaired) electrons. The van der Waals surface area contributed by atoms with Gasteiger partial charge in [-0.25, -0.2) is 4.79 Å². The number of hydrogen-bond acceptors (Lipinski definition) is 8. The van der Waals surface area contributed by atoms with Gasteiger partial charge in [-0.1, -0.05) is 30.3 Å². The second-order valence-electron chi connectivity index (χ2n) is 6.09. The molecule has 3 aromatic rings. The molecule has 31 heavy (non-hydrogen) atoms. The fourth-order valence-corrected chi connectivity index (χ4v) is 2.54. The number of ketones is 1. The topological polar surface area (TPSA) is 154 Å². The Morgan fingerprint density at radius 2 is 1.32 bits per heavy atom. The Morgan fingerprint density at radius 3 is 1.81 bits per heavy atom. The first kappa shape index (κ1) is 22.9. The number of carbonyl (C=O) groups excluding carboxylic acids is 1. The van der Waals surface area contributed by atoms with Crippen LogP contribution in [0, 0.1) is 0 Å². The van der Waals surface area contributed by atoms with Gasteiger partial charge in [-0.3, -0.25) is 4.79 Å². The number of phenols is 4. The van der Waals surface area contributed by atoms with Gasteiger partial charge in [-0.15, -0.1) is 0 Å². The monoisotopic (exact) mass is 428 g/mol. The number of carboxylic acid groups (broad SMARTS) is 1. The third-order valence-corrected chi connectivity index (χ3v) is 4.09. The fraction of sp³-hybridized carbons (Fsp3) is 0.0909. The van der Waals surface area contributed by atoms with Crippen LogP contribution < -0.4 is 9.47 Å². The molecule has 162 valence electrons. The Bertz CT molecular complexity index is 1070. The number of methoxy groups -OCH3 is 2. The first-order valence-corrected chi connectivity index (χ1v) is 8.72. The van der Waals surface area contributed by atoms with Crippen molar-refractivity contribution in [3.63, 3.8) is 0 Å². The predicted octanol–water partition coefficient (Wildman–Crippen LogP) is 3.14. The minimum Gasteiger partial charge on any atom is -0.507 e. The number of carbonyl (C=O) groups is 2. The minimum absolute atomic E-state index is 0.134. The molecular formula is C22H20O9. The molecule has 9 nitrogen and oxygen atoms in total. The SMILES string of the molecule is COc1cc(O)c(C(=O)c2ccccc2)c(OC)c1.O=C(O)c1cc(O)c(O)c(O)c1. The molecule has 0 unspecified atom stereocenters. The zero-order chi connectivity index (χ0) is 23.1. The standard InChI is InChI=1S/C15H14O4.C7H6O5/c1-18-11-8-12(16)14(13(9-11)19-2)15(17)10-6-4-3-5-7-10;8-4-1-3(7(11)12)2-5(9)6(4)10/h3-9,16H,1-2H3;1-2,8-10H,(H,11,12). The summed E-state index contributed by atoms with van der Waals surface area (Å²) in [4.78, 5) is 22.7. The van der Waals surface area contributed by atoms with E-state index in [0.717, 1.165) is 12.1 Å². The molecule has 0 spiro atoms. The zero-order valence-electron chi connectivity index (χ0n) is 16.6. The summed E-state index contributed by atoms with van der Waals surface area (Å²) in [6.45, 7) is 0. The highest BCUT2D eigenvalue weighted by molar-refractivity contribution is 6.12. The molecule has 3 aromatic carbocycles. The van der Waals surface area contributed by atoms with Gasteiger partial charge in [0.1, 0.15) is 22.8 Å². The summed E-state index contributed by atoms with van der Waals surface area (Å²) in [7, 11) is 2.92. The quantitative estimate of drug-likeness (QED) is 0.304. The van der Waals surface area contributed by atoms with E-state index in [1.165, 1.54) is 20.3 Å². The van der Waals surface area contributed by atoms with Crippen molar-refractivity contribution in [3.8, 4) is 34.5 Å². The van der Waals surface area contributed by atoms with E-state index in [4.69, 9.17) is 29.9 Å². The zero-order valence-corrected chi connectivity index (χ0v) is 16.6. The lowest BCUT2D eigenvalue weighted by Crippen LogP contribution is -2.04. The highest BCUT2D eigenvalue weighted by atomic mass is 16.5. The van der Waals surface area contributed by atoms with E-state index in [1.54, 1.807) is 30.3 Å².